The van der Waals surface area contributed by atoms with Gasteiger partial charge in [0.05, 0.1) is 0 Å². The zero-order valence-electron chi connectivity index (χ0n) is 30.6. The van der Waals surface area contributed by atoms with Crippen molar-refractivity contribution in [1.82, 2.24) is 15.0 Å². The Bertz CT molecular complexity index is 3040. The zero-order chi connectivity index (χ0) is 36.7. The summed E-state index contributed by atoms with van der Waals surface area (Å²) in [6.07, 6.45) is 0. The van der Waals surface area contributed by atoms with Crippen LogP contribution in [0.25, 0.3) is 99.9 Å². The Morgan fingerprint density at radius 2 is 0.873 bits per heavy atom. The van der Waals surface area contributed by atoms with Crippen LogP contribution in [0.3, 0.4) is 0 Å². The molecular formula is C52H35N3. The van der Waals surface area contributed by atoms with Gasteiger partial charge in [-0.05, 0) is 89.0 Å². The first-order valence-corrected chi connectivity index (χ1v) is 18.9. The van der Waals surface area contributed by atoms with Crippen LogP contribution in [0, 0.1) is 0 Å². The summed E-state index contributed by atoms with van der Waals surface area (Å²) < 4.78 is 0. The molecule has 3 nitrogen and oxygen atoms in total. The maximum absolute atomic E-state index is 5.03. The van der Waals surface area contributed by atoms with E-state index in [1.165, 1.54) is 71.3 Å². The number of nitrogens with zero attached hydrogens (tertiary/aromatic N) is 3. The minimum atomic E-state index is -0.179. The molecule has 0 spiro atoms. The summed E-state index contributed by atoms with van der Waals surface area (Å²) >= 11 is 0. The monoisotopic (exact) mass is 701 g/mol. The number of fused-ring (bicyclic) bond motifs is 3. The van der Waals surface area contributed by atoms with Crippen LogP contribution in [0.15, 0.2) is 176 Å². The highest BCUT2D eigenvalue weighted by atomic mass is 15.0. The fraction of sp³-hybridized carbons (Fsp3) is 0.0577. The van der Waals surface area contributed by atoms with Crippen LogP contribution in [0.4, 0.5) is 0 Å². The smallest absolute Gasteiger partial charge is 0.164 e. The maximum Gasteiger partial charge on any atom is 0.164 e. The van der Waals surface area contributed by atoms with Crippen molar-refractivity contribution < 1.29 is 0 Å². The van der Waals surface area contributed by atoms with Gasteiger partial charge in [-0.15, -0.1) is 0 Å². The van der Waals surface area contributed by atoms with E-state index >= 15 is 0 Å². The van der Waals surface area contributed by atoms with E-state index in [4.69, 9.17) is 15.0 Å². The van der Waals surface area contributed by atoms with Gasteiger partial charge < -0.3 is 0 Å². The quantitative estimate of drug-likeness (QED) is 0.168. The molecule has 1 aliphatic rings. The summed E-state index contributed by atoms with van der Waals surface area (Å²) in [5, 5.41) is 7.87. The molecule has 1 heterocycles. The van der Waals surface area contributed by atoms with Gasteiger partial charge in [0.2, 0.25) is 0 Å². The largest absolute Gasteiger partial charge is 0.208 e. The van der Waals surface area contributed by atoms with Crippen LogP contribution in [0.1, 0.15) is 25.0 Å². The van der Waals surface area contributed by atoms with E-state index in [2.05, 4.69) is 129 Å². The standard InChI is InChI=1S/C52H35N3/c1-52(2)44-21-11-20-41(37-18-10-19-39(30-37)51-54-49(35-12-5-3-6-13-35)53-50(55-51)36-14-7-4-8-15-36)48(44)43-29-26-38(31-45(43)52)40-27-24-34-23-22-32-16-9-17-33-25-28-42(40)47(34)46(32)33/h3-31H,1-2H3. The van der Waals surface area contributed by atoms with E-state index in [9.17, 15) is 0 Å². The molecule has 1 aromatic heterocycles. The van der Waals surface area contributed by atoms with Gasteiger partial charge in [0, 0.05) is 22.1 Å². The lowest BCUT2D eigenvalue weighted by atomic mass is 9.81. The van der Waals surface area contributed by atoms with Gasteiger partial charge in [0.25, 0.3) is 0 Å². The molecule has 0 unspecified atom stereocenters. The van der Waals surface area contributed by atoms with Crippen molar-refractivity contribution in [3.8, 4) is 67.5 Å². The molecule has 0 saturated carbocycles. The lowest BCUT2D eigenvalue weighted by Gasteiger charge is -2.22. The Hall–Kier alpha value is -6.97. The molecular weight excluding hydrogens is 667 g/mol. The molecule has 0 bridgehead atoms. The van der Waals surface area contributed by atoms with Gasteiger partial charge >= 0.3 is 0 Å². The third-order valence-corrected chi connectivity index (χ3v) is 11.7. The Kier molecular flexibility index (Phi) is 6.90. The van der Waals surface area contributed by atoms with Crippen LogP contribution in [0.2, 0.25) is 0 Å². The van der Waals surface area contributed by atoms with E-state index in [0.717, 1.165) is 22.3 Å². The summed E-state index contributed by atoms with van der Waals surface area (Å²) in [7, 11) is 0. The van der Waals surface area contributed by atoms with Crippen molar-refractivity contribution in [2.75, 3.05) is 0 Å². The van der Waals surface area contributed by atoms with Crippen molar-refractivity contribution in [1.29, 1.82) is 0 Å². The van der Waals surface area contributed by atoms with Gasteiger partial charge in [0.15, 0.2) is 17.5 Å². The fourth-order valence-corrected chi connectivity index (χ4v) is 8.95. The molecule has 1 aliphatic carbocycles. The maximum atomic E-state index is 5.03. The van der Waals surface area contributed by atoms with E-state index in [1.54, 1.807) is 0 Å². The third kappa shape index (κ3) is 4.93. The molecule has 10 aromatic rings. The highest BCUT2D eigenvalue weighted by molar-refractivity contribution is 6.25. The highest BCUT2D eigenvalue weighted by Crippen LogP contribution is 2.53. The van der Waals surface area contributed by atoms with Crippen LogP contribution in [-0.2, 0) is 5.41 Å². The molecule has 0 saturated heterocycles. The Morgan fingerprint density at radius 3 is 1.58 bits per heavy atom. The summed E-state index contributed by atoms with van der Waals surface area (Å²) in [4.78, 5) is 15.0. The van der Waals surface area contributed by atoms with Gasteiger partial charge in [-0.2, -0.15) is 0 Å². The van der Waals surface area contributed by atoms with Crippen molar-refractivity contribution in [2.24, 2.45) is 0 Å². The molecule has 55 heavy (non-hydrogen) atoms. The zero-order valence-corrected chi connectivity index (χ0v) is 30.6. The van der Waals surface area contributed by atoms with E-state index < -0.39 is 0 Å². The van der Waals surface area contributed by atoms with Crippen LogP contribution < -0.4 is 0 Å². The van der Waals surface area contributed by atoms with Gasteiger partial charge in [0.1, 0.15) is 0 Å². The summed E-state index contributed by atoms with van der Waals surface area (Å²) in [5.74, 6) is 1.97. The molecule has 0 amide bonds. The highest BCUT2D eigenvalue weighted by Gasteiger charge is 2.37. The van der Waals surface area contributed by atoms with Crippen LogP contribution in [0.5, 0.6) is 0 Å². The van der Waals surface area contributed by atoms with Crippen molar-refractivity contribution in [3.63, 3.8) is 0 Å². The predicted molar refractivity (Wildman–Crippen MR) is 228 cm³/mol. The van der Waals surface area contributed by atoms with Crippen molar-refractivity contribution >= 4 is 32.3 Å². The number of rotatable bonds is 5. The Morgan fingerprint density at radius 1 is 0.345 bits per heavy atom. The predicted octanol–water partition coefficient (Wildman–Crippen LogP) is 13.4. The SMILES string of the molecule is CC1(C)c2cc(-c3ccc4ccc5cccc6ccc3c4c56)ccc2-c2c(-c3cccc(-c4nc(-c5ccccc5)nc(-c5ccccc5)n4)c3)cccc21. The number of aromatic nitrogens is 3. The average molecular weight is 702 g/mol. The first kappa shape index (κ1) is 31.5. The Balaban J connectivity index is 1.04. The molecule has 0 fully saturated rings. The van der Waals surface area contributed by atoms with Crippen molar-refractivity contribution in [2.45, 2.75) is 19.3 Å². The van der Waals surface area contributed by atoms with E-state index in [-0.39, 0.29) is 5.41 Å². The van der Waals surface area contributed by atoms with Crippen LogP contribution in [-0.4, -0.2) is 15.0 Å². The van der Waals surface area contributed by atoms with Crippen molar-refractivity contribution in [3.05, 3.63) is 187 Å². The summed E-state index contributed by atoms with van der Waals surface area (Å²) in [6, 6.07) is 63.2. The third-order valence-electron chi connectivity index (χ3n) is 11.7. The van der Waals surface area contributed by atoms with Gasteiger partial charge in [-0.3, -0.25) is 0 Å². The number of benzene rings is 9. The molecule has 0 atom stereocenters. The Labute approximate surface area is 320 Å². The number of hydrogen-bond donors (Lipinski definition) is 0. The molecule has 9 aromatic carbocycles. The van der Waals surface area contributed by atoms with E-state index in [1.807, 2.05) is 60.7 Å². The molecule has 0 N–H and O–H groups in total. The first-order valence-electron chi connectivity index (χ1n) is 18.9. The lowest BCUT2D eigenvalue weighted by Crippen LogP contribution is -2.15. The minimum absolute atomic E-state index is 0.179. The van der Waals surface area contributed by atoms with Gasteiger partial charge in [-0.25, -0.2) is 15.0 Å². The summed E-state index contributed by atoms with van der Waals surface area (Å²) in [5.41, 5.74) is 12.8. The second kappa shape index (κ2) is 12.0. The topological polar surface area (TPSA) is 38.7 Å². The number of hydrogen-bond acceptors (Lipinski definition) is 3. The second-order valence-corrected chi connectivity index (χ2v) is 15.2. The molecule has 258 valence electrons. The fourth-order valence-electron chi connectivity index (χ4n) is 8.95. The lowest BCUT2D eigenvalue weighted by molar-refractivity contribution is 0.661. The van der Waals surface area contributed by atoms with Crippen LogP contribution >= 0.6 is 0 Å². The minimum Gasteiger partial charge on any atom is -0.208 e. The summed E-state index contributed by atoms with van der Waals surface area (Å²) in [6.45, 7) is 4.74. The first-order chi connectivity index (χ1) is 27.0. The molecule has 0 radical (unpaired) electrons. The molecule has 11 rings (SSSR count). The molecule has 3 heteroatoms. The average Bonchev–Trinajstić information content (AvgIpc) is 3.48. The second-order valence-electron chi connectivity index (χ2n) is 15.2. The normalized spacial score (nSPS) is 13.1. The van der Waals surface area contributed by atoms with E-state index in [0.29, 0.717) is 17.5 Å². The molecule has 0 aliphatic heterocycles. The van der Waals surface area contributed by atoms with Gasteiger partial charge in [-0.1, -0.05) is 178 Å².